The second-order valence-corrected chi connectivity index (χ2v) is 6.84. The number of likely N-dealkylation sites (tertiary alicyclic amines) is 1. The number of amides is 2. The van der Waals surface area contributed by atoms with Gasteiger partial charge in [0, 0.05) is 13.1 Å². The number of carbonyl (C=O) groups is 2. The summed E-state index contributed by atoms with van der Waals surface area (Å²) in [5.74, 6) is -0.969. The highest BCUT2D eigenvalue weighted by atomic mass is 32.2. The number of alkyl halides is 2. The molecule has 2 amide bonds. The SMILES string of the molecule is NC(=O)C1CCCN(C(=O)CSc2nc3ccccc3n2C(F)F)C1. The van der Waals surface area contributed by atoms with Gasteiger partial charge in [0.05, 0.1) is 22.7 Å². The van der Waals surface area contributed by atoms with E-state index in [0.717, 1.165) is 16.3 Å². The van der Waals surface area contributed by atoms with Crippen LogP contribution in [-0.2, 0) is 9.59 Å². The van der Waals surface area contributed by atoms with Crippen molar-refractivity contribution in [1.82, 2.24) is 14.5 Å². The lowest BCUT2D eigenvalue weighted by molar-refractivity contribution is -0.132. The fourth-order valence-electron chi connectivity index (χ4n) is 2.97. The Morgan fingerprint density at radius 3 is 2.84 bits per heavy atom. The van der Waals surface area contributed by atoms with Crippen LogP contribution in [-0.4, -0.2) is 45.1 Å². The van der Waals surface area contributed by atoms with E-state index in [-0.39, 0.29) is 22.7 Å². The van der Waals surface area contributed by atoms with E-state index in [1.165, 1.54) is 0 Å². The Labute approximate surface area is 147 Å². The smallest absolute Gasteiger partial charge is 0.321 e. The molecule has 9 heteroatoms. The summed E-state index contributed by atoms with van der Waals surface area (Å²) >= 11 is 0.977. The van der Waals surface area contributed by atoms with Gasteiger partial charge in [0.2, 0.25) is 11.8 Å². The number of rotatable bonds is 5. The second kappa shape index (κ2) is 7.38. The number of hydrogen-bond donors (Lipinski definition) is 1. The number of imidazole rings is 1. The maximum Gasteiger partial charge on any atom is 0.321 e. The Kier molecular flexibility index (Phi) is 5.22. The van der Waals surface area contributed by atoms with Gasteiger partial charge in [-0.15, -0.1) is 0 Å². The number of nitrogens with two attached hydrogens (primary N) is 1. The van der Waals surface area contributed by atoms with Gasteiger partial charge in [-0.2, -0.15) is 8.78 Å². The maximum atomic E-state index is 13.4. The maximum absolute atomic E-state index is 13.4. The van der Waals surface area contributed by atoms with E-state index in [4.69, 9.17) is 5.73 Å². The first kappa shape index (κ1) is 17.7. The topological polar surface area (TPSA) is 81.2 Å². The number of piperidine rings is 1. The number of halogens is 2. The van der Waals surface area contributed by atoms with Crippen molar-refractivity contribution in [3.8, 4) is 0 Å². The minimum Gasteiger partial charge on any atom is -0.369 e. The fraction of sp³-hybridized carbons (Fsp3) is 0.438. The molecule has 134 valence electrons. The largest absolute Gasteiger partial charge is 0.369 e. The van der Waals surface area contributed by atoms with Gasteiger partial charge in [0.25, 0.3) is 0 Å². The molecule has 0 bridgehead atoms. The van der Waals surface area contributed by atoms with E-state index in [0.29, 0.717) is 37.0 Å². The zero-order valence-electron chi connectivity index (χ0n) is 13.4. The number of fused-ring (bicyclic) bond motifs is 1. The molecule has 0 saturated carbocycles. The molecule has 2 heterocycles. The van der Waals surface area contributed by atoms with Crippen LogP contribution in [0, 0.1) is 5.92 Å². The fourth-order valence-corrected chi connectivity index (χ4v) is 3.88. The van der Waals surface area contributed by atoms with Gasteiger partial charge in [-0.05, 0) is 25.0 Å². The summed E-state index contributed by atoms with van der Waals surface area (Å²) in [5, 5.41) is 0.105. The number of benzene rings is 1. The van der Waals surface area contributed by atoms with Crippen LogP contribution >= 0.6 is 11.8 Å². The molecule has 1 fully saturated rings. The van der Waals surface area contributed by atoms with Crippen molar-refractivity contribution < 1.29 is 18.4 Å². The number of aromatic nitrogens is 2. The highest BCUT2D eigenvalue weighted by molar-refractivity contribution is 7.99. The molecule has 0 radical (unpaired) electrons. The van der Waals surface area contributed by atoms with Crippen molar-refractivity contribution >= 4 is 34.6 Å². The molecule has 3 rings (SSSR count). The second-order valence-electron chi connectivity index (χ2n) is 5.90. The Bertz CT molecular complexity index is 796. The zero-order chi connectivity index (χ0) is 18.0. The standard InChI is InChI=1S/C16H18F2N4O2S/c17-15(18)22-12-6-2-1-5-11(12)20-16(22)25-9-13(23)21-7-3-4-10(8-21)14(19)24/h1-2,5-6,10,15H,3-4,7-9H2,(H2,19,24). The molecule has 1 saturated heterocycles. The van der Waals surface area contributed by atoms with E-state index in [1.807, 2.05) is 0 Å². The van der Waals surface area contributed by atoms with Crippen molar-refractivity contribution in [2.75, 3.05) is 18.8 Å². The lowest BCUT2D eigenvalue weighted by Gasteiger charge is -2.31. The molecule has 1 atom stereocenters. The van der Waals surface area contributed by atoms with Crippen molar-refractivity contribution in [2.45, 2.75) is 24.5 Å². The predicted molar refractivity (Wildman–Crippen MR) is 90.2 cm³/mol. The molecule has 1 aliphatic rings. The van der Waals surface area contributed by atoms with Crippen LogP contribution in [0.1, 0.15) is 19.4 Å². The van der Waals surface area contributed by atoms with Crippen LogP contribution in [0.4, 0.5) is 8.78 Å². The third-order valence-corrected chi connectivity index (χ3v) is 5.20. The first-order chi connectivity index (χ1) is 12.0. The molecule has 2 aromatic rings. The van der Waals surface area contributed by atoms with Crippen molar-refractivity contribution in [3.05, 3.63) is 24.3 Å². The summed E-state index contributed by atoms with van der Waals surface area (Å²) in [6.07, 6.45) is 1.38. The molecule has 1 aromatic heterocycles. The third kappa shape index (κ3) is 3.76. The summed E-state index contributed by atoms with van der Waals surface area (Å²) in [7, 11) is 0. The molecule has 1 unspecified atom stereocenters. The Balaban J connectivity index is 1.71. The average Bonchev–Trinajstić information content (AvgIpc) is 2.98. The lowest BCUT2D eigenvalue weighted by Crippen LogP contribution is -2.44. The molecule has 25 heavy (non-hydrogen) atoms. The molecule has 1 aromatic carbocycles. The number of hydrogen-bond acceptors (Lipinski definition) is 4. The summed E-state index contributed by atoms with van der Waals surface area (Å²) in [6, 6.07) is 6.62. The Hall–Kier alpha value is -2.16. The monoisotopic (exact) mass is 368 g/mol. The number of para-hydroxylation sites is 2. The third-order valence-electron chi connectivity index (χ3n) is 4.26. The highest BCUT2D eigenvalue weighted by Crippen LogP contribution is 2.29. The molecule has 1 aliphatic heterocycles. The highest BCUT2D eigenvalue weighted by Gasteiger charge is 2.27. The summed E-state index contributed by atoms with van der Waals surface area (Å²) in [4.78, 5) is 29.4. The number of carbonyl (C=O) groups excluding carboxylic acids is 2. The van der Waals surface area contributed by atoms with Gasteiger partial charge in [-0.25, -0.2) is 4.98 Å². The quantitative estimate of drug-likeness (QED) is 0.821. The molecule has 0 aliphatic carbocycles. The van der Waals surface area contributed by atoms with Gasteiger partial charge >= 0.3 is 6.55 Å². The van der Waals surface area contributed by atoms with Crippen LogP contribution in [0.25, 0.3) is 11.0 Å². The molecule has 6 nitrogen and oxygen atoms in total. The molecule has 0 spiro atoms. The lowest BCUT2D eigenvalue weighted by atomic mass is 9.97. The van der Waals surface area contributed by atoms with E-state index >= 15 is 0 Å². The average molecular weight is 368 g/mol. The van der Waals surface area contributed by atoms with E-state index < -0.39 is 12.5 Å². The number of thioether (sulfide) groups is 1. The van der Waals surface area contributed by atoms with Gasteiger partial charge in [0.1, 0.15) is 0 Å². The van der Waals surface area contributed by atoms with Gasteiger partial charge in [-0.1, -0.05) is 23.9 Å². The molecular weight excluding hydrogens is 350 g/mol. The predicted octanol–water partition coefficient (Wildman–Crippen LogP) is 2.25. The molecule has 2 N–H and O–H groups in total. The van der Waals surface area contributed by atoms with Gasteiger partial charge in [-0.3, -0.25) is 14.2 Å². The van der Waals surface area contributed by atoms with E-state index in [1.54, 1.807) is 29.2 Å². The molecular formula is C16H18F2N4O2S. The van der Waals surface area contributed by atoms with Crippen molar-refractivity contribution in [2.24, 2.45) is 11.7 Å². The van der Waals surface area contributed by atoms with Crippen LogP contribution in [0.3, 0.4) is 0 Å². The zero-order valence-corrected chi connectivity index (χ0v) is 14.2. The van der Waals surface area contributed by atoms with Crippen molar-refractivity contribution in [1.29, 1.82) is 0 Å². The number of nitrogens with zero attached hydrogens (tertiary/aromatic N) is 3. The van der Waals surface area contributed by atoms with Crippen LogP contribution in [0.2, 0.25) is 0 Å². The Morgan fingerprint density at radius 2 is 2.12 bits per heavy atom. The Morgan fingerprint density at radius 1 is 1.36 bits per heavy atom. The van der Waals surface area contributed by atoms with E-state index in [2.05, 4.69) is 4.98 Å². The summed E-state index contributed by atoms with van der Waals surface area (Å²) in [6.45, 7) is -1.90. The number of primary amides is 1. The minimum atomic E-state index is -2.74. The van der Waals surface area contributed by atoms with Crippen LogP contribution < -0.4 is 5.73 Å². The summed E-state index contributed by atoms with van der Waals surface area (Å²) < 4.78 is 27.6. The van der Waals surface area contributed by atoms with Gasteiger partial charge < -0.3 is 10.6 Å². The van der Waals surface area contributed by atoms with Crippen LogP contribution in [0.15, 0.2) is 29.4 Å². The first-order valence-corrected chi connectivity index (χ1v) is 8.91. The summed E-state index contributed by atoms with van der Waals surface area (Å²) in [5.41, 5.74) is 6.11. The van der Waals surface area contributed by atoms with Crippen LogP contribution in [0.5, 0.6) is 0 Å². The van der Waals surface area contributed by atoms with Gasteiger partial charge in [0.15, 0.2) is 5.16 Å². The first-order valence-electron chi connectivity index (χ1n) is 7.92. The van der Waals surface area contributed by atoms with Crippen molar-refractivity contribution in [3.63, 3.8) is 0 Å². The van der Waals surface area contributed by atoms with E-state index in [9.17, 15) is 18.4 Å². The minimum absolute atomic E-state index is 0.0124. The normalized spacial score (nSPS) is 18.0.